The molecule has 1 aromatic carbocycles. The number of nitriles is 1. The monoisotopic (exact) mass is 596 g/mol. The number of aromatic nitrogens is 2. The number of benzene rings is 1. The average molecular weight is 597 g/mol. The highest BCUT2D eigenvalue weighted by Gasteiger charge is 2.45. The molecule has 1 aliphatic heterocycles. The van der Waals surface area contributed by atoms with E-state index in [1.807, 2.05) is 19.1 Å². The molecule has 39 heavy (non-hydrogen) atoms. The summed E-state index contributed by atoms with van der Waals surface area (Å²) in [6.45, 7) is 6.10. The van der Waals surface area contributed by atoms with Crippen LogP contribution in [0, 0.1) is 23.7 Å². The van der Waals surface area contributed by atoms with Crippen LogP contribution in [0.25, 0.3) is 0 Å². The van der Waals surface area contributed by atoms with Crippen LogP contribution in [0.3, 0.4) is 0 Å². The SMILES string of the molecule is Cc1ccc(C2C(C#N)=C(N)N(c3nnc(SCC(=O)Nc4ccccc4Cl)s3)C3=C2C(=O)CC(C)(C)C3)s1. The van der Waals surface area contributed by atoms with Crippen molar-refractivity contribution in [3.8, 4) is 6.07 Å². The van der Waals surface area contributed by atoms with Crippen LogP contribution in [0.1, 0.15) is 42.4 Å². The summed E-state index contributed by atoms with van der Waals surface area (Å²) >= 11 is 10.2. The second-order valence-corrected chi connectivity index (χ2v) is 14.0. The van der Waals surface area contributed by atoms with E-state index in [-0.39, 0.29) is 28.7 Å². The molecular formula is C27H25ClN6O2S3. The van der Waals surface area contributed by atoms with Crippen molar-refractivity contribution >= 4 is 68.5 Å². The lowest BCUT2D eigenvalue weighted by molar-refractivity contribution is -0.118. The maximum absolute atomic E-state index is 13.6. The standard InChI is InChI=1S/C27H25ClN6O2S3/c1-14-8-9-20(38-14)22-15(12-29)24(30)34(18-10-27(2,3)11-19(35)23(18)22)25-32-33-26(39-25)37-13-21(36)31-17-7-5-4-6-16(17)28/h4-9,22H,10-11,13,30H2,1-3H3,(H,31,36). The van der Waals surface area contributed by atoms with E-state index >= 15 is 0 Å². The largest absolute Gasteiger partial charge is 0.384 e. The number of carbonyl (C=O) groups is 2. The number of ketones is 1. The number of hydrogen-bond acceptors (Lipinski definition) is 10. The third-order valence-electron chi connectivity index (χ3n) is 6.49. The Kier molecular flexibility index (Phi) is 7.57. The van der Waals surface area contributed by atoms with Crippen molar-refractivity contribution in [2.75, 3.05) is 16.0 Å². The molecule has 0 saturated carbocycles. The number of nitrogens with one attached hydrogen (secondary N) is 1. The van der Waals surface area contributed by atoms with Crippen molar-refractivity contribution in [1.29, 1.82) is 5.26 Å². The lowest BCUT2D eigenvalue weighted by atomic mass is 9.70. The van der Waals surface area contributed by atoms with Crippen LogP contribution < -0.4 is 16.0 Å². The summed E-state index contributed by atoms with van der Waals surface area (Å²) in [5.74, 6) is -0.361. The Hall–Kier alpha value is -3.17. The maximum atomic E-state index is 13.6. The van der Waals surface area contributed by atoms with Crippen LogP contribution in [-0.2, 0) is 9.59 Å². The molecule has 0 fully saturated rings. The van der Waals surface area contributed by atoms with E-state index in [1.54, 1.807) is 40.5 Å². The number of Topliss-reactive ketones (excluding diaryl/α,β-unsaturated/α-hetero) is 1. The zero-order valence-corrected chi connectivity index (χ0v) is 24.7. The molecule has 1 atom stereocenters. The van der Waals surface area contributed by atoms with Crippen LogP contribution in [0.4, 0.5) is 10.8 Å². The zero-order chi connectivity index (χ0) is 27.9. The third-order valence-corrected chi connectivity index (χ3v) is 9.93. The molecule has 2 aliphatic rings. The molecule has 3 heterocycles. The van der Waals surface area contributed by atoms with Gasteiger partial charge in [-0.05, 0) is 43.0 Å². The lowest BCUT2D eigenvalue weighted by Crippen LogP contribution is -2.42. The van der Waals surface area contributed by atoms with E-state index in [1.165, 1.54) is 23.1 Å². The molecule has 200 valence electrons. The van der Waals surface area contributed by atoms with Gasteiger partial charge in [0.05, 0.1) is 34.0 Å². The summed E-state index contributed by atoms with van der Waals surface area (Å²) in [6.07, 6.45) is 0.980. The minimum atomic E-state index is -0.501. The quantitative estimate of drug-likeness (QED) is 0.321. The van der Waals surface area contributed by atoms with Crippen molar-refractivity contribution < 1.29 is 9.59 Å². The molecule has 1 amide bonds. The van der Waals surface area contributed by atoms with Crippen LogP contribution in [0.15, 0.2) is 63.4 Å². The predicted molar refractivity (Wildman–Crippen MR) is 157 cm³/mol. The maximum Gasteiger partial charge on any atom is 0.234 e. The van der Waals surface area contributed by atoms with Gasteiger partial charge in [0.1, 0.15) is 5.82 Å². The van der Waals surface area contributed by atoms with Gasteiger partial charge >= 0.3 is 0 Å². The fourth-order valence-corrected chi connectivity index (χ4v) is 7.71. The fourth-order valence-electron chi connectivity index (χ4n) is 4.85. The summed E-state index contributed by atoms with van der Waals surface area (Å²) in [5.41, 5.74) is 8.61. The van der Waals surface area contributed by atoms with Crippen molar-refractivity contribution in [1.82, 2.24) is 10.2 Å². The molecule has 2 aromatic heterocycles. The highest BCUT2D eigenvalue weighted by atomic mass is 35.5. The molecule has 0 spiro atoms. The Labute approximate surface area is 243 Å². The molecule has 1 unspecified atom stereocenters. The second kappa shape index (κ2) is 10.8. The van der Waals surface area contributed by atoms with Gasteiger partial charge in [-0.1, -0.05) is 60.7 Å². The number of hydrogen-bond donors (Lipinski definition) is 2. The topological polar surface area (TPSA) is 125 Å². The molecule has 5 rings (SSSR count). The Morgan fingerprint density at radius 1 is 1.26 bits per heavy atom. The molecule has 12 heteroatoms. The number of anilines is 2. The second-order valence-electron chi connectivity index (χ2n) is 10.1. The number of amides is 1. The van der Waals surface area contributed by atoms with Crippen molar-refractivity contribution in [2.24, 2.45) is 11.1 Å². The molecule has 3 N–H and O–H groups in total. The Balaban J connectivity index is 1.46. The smallest absolute Gasteiger partial charge is 0.234 e. The van der Waals surface area contributed by atoms with E-state index in [0.717, 1.165) is 15.5 Å². The van der Waals surface area contributed by atoms with Gasteiger partial charge in [-0.15, -0.1) is 21.5 Å². The van der Waals surface area contributed by atoms with Gasteiger partial charge in [-0.25, -0.2) is 0 Å². The first-order valence-corrected chi connectivity index (χ1v) is 15.1. The average Bonchev–Trinajstić information content (AvgIpc) is 3.51. The number of carbonyl (C=O) groups excluding carboxylic acids is 2. The van der Waals surface area contributed by atoms with Gasteiger partial charge in [0.15, 0.2) is 10.1 Å². The van der Waals surface area contributed by atoms with Gasteiger partial charge in [0.2, 0.25) is 11.0 Å². The minimum absolute atomic E-state index is 0.0120. The number of para-hydroxylation sites is 1. The molecular weight excluding hydrogens is 572 g/mol. The first-order valence-electron chi connectivity index (χ1n) is 12.1. The first-order chi connectivity index (χ1) is 18.6. The summed E-state index contributed by atoms with van der Waals surface area (Å²) in [4.78, 5) is 29.8. The Morgan fingerprint density at radius 2 is 2.03 bits per heavy atom. The molecule has 0 radical (unpaired) electrons. The van der Waals surface area contributed by atoms with Crippen LogP contribution in [0.5, 0.6) is 0 Å². The number of halogens is 1. The van der Waals surface area contributed by atoms with Crippen LogP contribution >= 0.6 is 46.0 Å². The van der Waals surface area contributed by atoms with Gasteiger partial charge in [0.25, 0.3) is 0 Å². The van der Waals surface area contributed by atoms with Crippen LogP contribution in [-0.4, -0.2) is 27.6 Å². The van der Waals surface area contributed by atoms with Crippen LogP contribution in [0.2, 0.25) is 5.02 Å². The van der Waals surface area contributed by atoms with E-state index in [4.69, 9.17) is 17.3 Å². The fraction of sp³-hybridized carbons (Fsp3) is 0.296. The van der Waals surface area contributed by atoms with Gasteiger partial charge in [-0.2, -0.15) is 5.26 Å². The number of aryl methyl sites for hydroxylation is 1. The molecule has 0 saturated heterocycles. The number of thiophene rings is 1. The van der Waals surface area contributed by atoms with Crippen molar-refractivity contribution in [3.05, 3.63) is 73.8 Å². The summed E-state index contributed by atoms with van der Waals surface area (Å²) in [7, 11) is 0. The minimum Gasteiger partial charge on any atom is -0.384 e. The number of allylic oxidation sites excluding steroid dienone is 3. The highest BCUT2D eigenvalue weighted by Crippen LogP contribution is 2.51. The van der Waals surface area contributed by atoms with E-state index in [2.05, 4.69) is 35.4 Å². The molecule has 8 nitrogen and oxygen atoms in total. The van der Waals surface area contributed by atoms with Gasteiger partial charge in [-0.3, -0.25) is 14.5 Å². The van der Waals surface area contributed by atoms with Crippen molar-refractivity contribution in [2.45, 2.75) is 43.9 Å². The zero-order valence-electron chi connectivity index (χ0n) is 21.4. The number of rotatable bonds is 6. The van der Waals surface area contributed by atoms with E-state index in [0.29, 0.717) is 44.2 Å². The van der Waals surface area contributed by atoms with Gasteiger partial charge < -0.3 is 11.1 Å². The Morgan fingerprint density at radius 3 is 2.72 bits per heavy atom. The normalized spacial score (nSPS) is 18.7. The Bertz CT molecular complexity index is 1580. The predicted octanol–water partition coefficient (Wildman–Crippen LogP) is 6.23. The molecule has 1 aliphatic carbocycles. The highest BCUT2D eigenvalue weighted by molar-refractivity contribution is 8.01. The molecule has 0 bridgehead atoms. The lowest BCUT2D eigenvalue weighted by Gasteiger charge is -2.42. The number of thioether (sulfide) groups is 1. The summed E-state index contributed by atoms with van der Waals surface area (Å²) in [6, 6.07) is 13.3. The molecule has 3 aromatic rings. The summed E-state index contributed by atoms with van der Waals surface area (Å²) in [5, 5.41) is 22.5. The van der Waals surface area contributed by atoms with Crippen molar-refractivity contribution in [3.63, 3.8) is 0 Å². The van der Waals surface area contributed by atoms with E-state index < -0.39 is 5.92 Å². The van der Waals surface area contributed by atoms with Gasteiger partial charge in [0, 0.05) is 27.4 Å². The first kappa shape index (κ1) is 27.4. The van der Waals surface area contributed by atoms with E-state index in [9.17, 15) is 14.9 Å². The number of nitrogens with two attached hydrogens (primary N) is 1. The number of nitrogens with zero attached hydrogens (tertiary/aromatic N) is 4. The summed E-state index contributed by atoms with van der Waals surface area (Å²) < 4.78 is 0.560. The third kappa shape index (κ3) is 5.47.